The normalized spacial score (nSPS) is 20.2. The molecule has 0 spiro atoms. The standard InChI is InChI=1S/C38H58ClN5O15/c1-24(45)44-29-27(46)22-38(37(52)53,59-35(29)32(48)28(47)23-43-36(51)25-7-6-8-26(39)21-25)58-12-5-3-2-4-10-41-30-31(34(50)33(30)49)42-11-14-55-16-18-57-20-19-56-17-15-54-13-9-40/h6-8,21,27-29,32,35,41-42,46-48H,2-5,9-20,22-23,40H2,1H3,(H,43,51)(H,44,45)(H,52,53)/t27-,28+,29+,32+,35+,38+/m0/s1. The van der Waals surface area contributed by atoms with Gasteiger partial charge in [-0.1, -0.05) is 30.5 Å². The van der Waals surface area contributed by atoms with Gasteiger partial charge in [0.05, 0.1) is 77.7 Å². The zero-order valence-electron chi connectivity index (χ0n) is 33.2. The molecule has 1 fully saturated rings. The quantitative estimate of drug-likeness (QED) is 0.0323. The summed E-state index contributed by atoms with van der Waals surface area (Å²) in [7, 11) is 0. The lowest BCUT2D eigenvalue weighted by atomic mass is 9.88. The molecule has 2 aromatic rings. The van der Waals surface area contributed by atoms with Crippen molar-refractivity contribution >= 4 is 40.8 Å². The number of nitrogens with one attached hydrogen (secondary N) is 4. The van der Waals surface area contributed by atoms with Crippen LogP contribution in [0.3, 0.4) is 0 Å². The summed E-state index contributed by atoms with van der Waals surface area (Å²) in [6.45, 7) is 4.97. The number of anilines is 2. The van der Waals surface area contributed by atoms with Gasteiger partial charge in [-0.25, -0.2) is 4.79 Å². The van der Waals surface area contributed by atoms with Crippen LogP contribution in [0.5, 0.6) is 0 Å². The van der Waals surface area contributed by atoms with Crippen molar-refractivity contribution in [1.29, 1.82) is 0 Å². The van der Waals surface area contributed by atoms with Crippen molar-refractivity contribution in [2.75, 3.05) is 96.3 Å². The smallest absolute Gasteiger partial charge is 0.364 e. The molecule has 2 amide bonds. The lowest BCUT2D eigenvalue weighted by Gasteiger charge is -2.46. The number of unbranched alkanes of at least 4 members (excludes halogenated alkanes) is 3. The number of aliphatic carboxylic acids is 1. The van der Waals surface area contributed by atoms with E-state index in [9.17, 15) is 44.4 Å². The first-order valence-corrected chi connectivity index (χ1v) is 19.9. The van der Waals surface area contributed by atoms with Crippen LogP contribution in [0.25, 0.3) is 0 Å². The molecule has 332 valence electrons. The third-order valence-corrected chi connectivity index (χ3v) is 9.34. The number of aliphatic hydroxyl groups excluding tert-OH is 3. The summed E-state index contributed by atoms with van der Waals surface area (Å²) in [5, 5.41) is 54.1. The number of carboxylic acid groups (broad SMARTS) is 1. The van der Waals surface area contributed by atoms with E-state index in [-0.39, 0.29) is 30.2 Å². The second-order valence-corrected chi connectivity index (χ2v) is 14.1. The number of ether oxygens (including phenoxy) is 6. The molecule has 0 saturated carbocycles. The highest BCUT2D eigenvalue weighted by molar-refractivity contribution is 6.30. The van der Waals surface area contributed by atoms with Crippen LogP contribution in [0.2, 0.25) is 5.02 Å². The molecule has 59 heavy (non-hydrogen) atoms. The lowest BCUT2D eigenvalue weighted by Crippen LogP contribution is -2.68. The molecule has 0 bridgehead atoms. The van der Waals surface area contributed by atoms with Gasteiger partial charge in [0.2, 0.25) is 5.91 Å². The van der Waals surface area contributed by atoms with E-state index >= 15 is 0 Å². The van der Waals surface area contributed by atoms with Crippen LogP contribution >= 0.6 is 11.6 Å². The number of hydrogen-bond donors (Lipinski definition) is 9. The number of halogens is 1. The van der Waals surface area contributed by atoms with Crippen molar-refractivity contribution in [1.82, 2.24) is 10.6 Å². The molecule has 0 radical (unpaired) electrons. The number of carbonyl (C=O) groups is 3. The molecular formula is C38H58ClN5O15. The van der Waals surface area contributed by atoms with Crippen molar-refractivity contribution in [3.63, 3.8) is 0 Å². The number of nitrogens with two attached hydrogens (primary N) is 1. The molecule has 20 nitrogen and oxygen atoms in total. The third-order valence-electron chi connectivity index (χ3n) is 9.10. The number of carbonyl (C=O) groups excluding carboxylic acids is 2. The van der Waals surface area contributed by atoms with E-state index in [0.717, 1.165) is 6.92 Å². The summed E-state index contributed by atoms with van der Waals surface area (Å²) in [5.41, 5.74) is 4.70. The minimum Gasteiger partial charge on any atom is -0.477 e. The topological polar surface area (TPSA) is 296 Å². The molecule has 1 aliphatic heterocycles. The van der Waals surface area contributed by atoms with E-state index in [2.05, 4.69) is 21.3 Å². The van der Waals surface area contributed by atoms with Crippen molar-refractivity contribution in [3.05, 3.63) is 55.3 Å². The summed E-state index contributed by atoms with van der Waals surface area (Å²) >= 11 is 5.94. The Morgan fingerprint density at radius 2 is 1.47 bits per heavy atom. The van der Waals surface area contributed by atoms with E-state index in [4.69, 9.17) is 45.8 Å². The minimum atomic E-state index is -2.44. The maximum absolute atomic E-state index is 12.5. The Balaban J connectivity index is 1.37. The predicted octanol–water partition coefficient (Wildman–Crippen LogP) is -1.05. The molecule has 1 saturated heterocycles. The molecule has 1 heterocycles. The van der Waals surface area contributed by atoms with Crippen molar-refractivity contribution in [2.24, 2.45) is 5.73 Å². The third kappa shape index (κ3) is 16.3. The Hall–Kier alpha value is -3.80. The number of amides is 2. The van der Waals surface area contributed by atoms with Gasteiger partial charge in [0.15, 0.2) is 0 Å². The van der Waals surface area contributed by atoms with Gasteiger partial charge in [-0.15, -0.1) is 0 Å². The summed E-state index contributed by atoms with van der Waals surface area (Å²) in [6.07, 6.45) is -5.28. The van der Waals surface area contributed by atoms with Gasteiger partial charge in [-0.2, -0.15) is 0 Å². The fourth-order valence-electron chi connectivity index (χ4n) is 6.07. The Kier molecular flexibility index (Phi) is 22.2. The maximum Gasteiger partial charge on any atom is 0.364 e. The maximum atomic E-state index is 12.5. The molecule has 2 aromatic carbocycles. The summed E-state index contributed by atoms with van der Waals surface area (Å²) in [5.74, 6) is -5.26. The molecule has 1 aliphatic rings. The number of benzene rings is 1. The van der Waals surface area contributed by atoms with E-state index in [1.54, 1.807) is 12.1 Å². The van der Waals surface area contributed by atoms with Crippen LogP contribution in [-0.4, -0.2) is 160 Å². The van der Waals surface area contributed by atoms with E-state index in [0.29, 0.717) is 96.6 Å². The van der Waals surface area contributed by atoms with Crippen LogP contribution in [-0.2, 0) is 38.0 Å². The highest BCUT2D eigenvalue weighted by Gasteiger charge is 2.55. The predicted molar refractivity (Wildman–Crippen MR) is 214 cm³/mol. The highest BCUT2D eigenvalue weighted by atomic mass is 35.5. The van der Waals surface area contributed by atoms with Crippen LogP contribution in [0.4, 0.5) is 11.4 Å². The molecule has 21 heteroatoms. The summed E-state index contributed by atoms with van der Waals surface area (Å²) < 4.78 is 32.9. The van der Waals surface area contributed by atoms with Crippen LogP contribution in [0, 0.1) is 0 Å². The summed E-state index contributed by atoms with van der Waals surface area (Å²) in [4.78, 5) is 61.2. The zero-order valence-corrected chi connectivity index (χ0v) is 33.9. The molecule has 10 N–H and O–H groups in total. The number of carboxylic acids is 1. The lowest BCUT2D eigenvalue weighted by molar-refractivity contribution is -0.310. The molecule has 0 aliphatic carbocycles. The molecule has 3 rings (SSSR count). The first-order chi connectivity index (χ1) is 28.3. The van der Waals surface area contributed by atoms with Crippen LogP contribution in [0.1, 0.15) is 49.4 Å². The fraction of sp³-hybridized carbons (Fsp3) is 0.658. The second kappa shape index (κ2) is 26.4. The minimum absolute atomic E-state index is 0.126. The van der Waals surface area contributed by atoms with E-state index in [1.807, 2.05) is 0 Å². The van der Waals surface area contributed by atoms with Gasteiger partial charge < -0.3 is 75.8 Å². The van der Waals surface area contributed by atoms with Gasteiger partial charge in [0.1, 0.15) is 23.6 Å². The van der Waals surface area contributed by atoms with Crippen LogP contribution in [0.15, 0.2) is 33.9 Å². The Labute approximate surface area is 346 Å². The SMILES string of the molecule is CC(=O)N[C@H]1[C@H]([C@H](O)[C@H](O)CNC(=O)c2cccc(Cl)c2)O[C@@](OCCCCCCNc2c(NCCOCCOCCOCCOCCN)c(=O)c2=O)(C(=O)O)C[C@@H]1O. The Morgan fingerprint density at radius 3 is 2.07 bits per heavy atom. The van der Waals surface area contributed by atoms with Crippen molar-refractivity contribution in [3.8, 4) is 0 Å². The van der Waals surface area contributed by atoms with Crippen LogP contribution < -0.4 is 37.9 Å². The average Bonchev–Trinajstić information content (AvgIpc) is 3.21. The molecule has 0 aromatic heterocycles. The largest absolute Gasteiger partial charge is 0.477 e. The monoisotopic (exact) mass is 859 g/mol. The van der Waals surface area contributed by atoms with Gasteiger partial charge in [0, 0.05) is 50.1 Å². The molecule has 0 unspecified atom stereocenters. The number of hydrogen-bond acceptors (Lipinski definition) is 17. The Bertz CT molecular complexity index is 1660. The first-order valence-electron chi connectivity index (χ1n) is 19.5. The second-order valence-electron chi connectivity index (χ2n) is 13.7. The first kappa shape index (κ1) is 49.6. The van der Waals surface area contributed by atoms with Crippen molar-refractivity contribution in [2.45, 2.75) is 75.3 Å². The zero-order chi connectivity index (χ0) is 43.2. The van der Waals surface area contributed by atoms with Gasteiger partial charge >= 0.3 is 5.97 Å². The van der Waals surface area contributed by atoms with Gasteiger partial charge in [-0.05, 0) is 31.0 Å². The van der Waals surface area contributed by atoms with Gasteiger partial charge in [0.25, 0.3) is 22.6 Å². The summed E-state index contributed by atoms with van der Waals surface area (Å²) in [6, 6.07) is 4.68. The fourth-order valence-corrected chi connectivity index (χ4v) is 6.26. The molecule has 6 atom stereocenters. The van der Waals surface area contributed by atoms with Gasteiger partial charge in [-0.3, -0.25) is 19.2 Å². The average molecular weight is 860 g/mol. The van der Waals surface area contributed by atoms with Crippen molar-refractivity contribution < 1.29 is 63.2 Å². The number of aliphatic hydroxyl groups is 3. The highest BCUT2D eigenvalue weighted by Crippen LogP contribution is 2.34. The number of rotatable bonds is 31. The Morgan fingerprint density at radius 1 is 0.881 bits per heavy atom. The van der Waals surface area contributed by atoms with E-state index < -0.39 is 77.9 Å². The van der Waals surface area contributed by atoms with E-state index in [1.165, 1.54) is 12.1 Å². The molecular weight excluding hydrogens is 802 g/mol.